The van der Waals surface area contributed by atoms with Crippen LogP contribution < -0.4 is 0 Å². The Hall–Kier alpha value is -2.34. The smallest absolute Gasteiger partial charge is 0.0139 e. The molecule has 26 heavy (non-hydrogen) atoms. The van der Waals surface area contributed by atoms with Gasteiger partial charge in [-0.1, -0.05) is 59.7 Å². The second kappa shape index (κ2) is 6.13. The van der Waals surface area contributed by atoms with Crippen LogP contribution in [-0.4, -0.2) is 0 Å². The Morgan fingerprint density at radius 1 is 0.654 bits per heavy atom. The third-order valence-corrected chi connectivity index (χ3v) is 6.74. The summed E-state index contributed by atoms with van der Waals surface area (Å²) < 4.78 is 0. The largest absolute Gasteiger partial charge is 0.0676 e. The average molecular weight is 341 g/mol. The molecule has 0 saturated heterocycles. The molecule has 0 amide bonds. The minimum Gasteiger partial charge on any atom is -0.0676 e. The number of fused-ring (bicyclic) bond motifs is 1. The van der Waals surface area contributed by atoms with Crippen LogP contribution >= 0.6 is 0 Å². The summed E-state index contributed by atoms with van der Waals surface area (Å²) >= 11 is 0. The van der Waals surface area contributed by atoms with E-state index >= 15 is 0 Å². The summed E-state index contributed by atoms with van der Waals surface area (Å²) in [6, 6.07) is 15.5. The Kier molecular flexibility index (Phi) is 4.03. The molecule has 4 rings (SSSR count). The highest BCUT2D eigenvalue weighted by Crippen LogP contribution is 2.52. The van der Waals surface area contributed by atoms with Gasteiger partial charge in [-0.05, 0) is 86.1 Å². The van der Waals surface area contributed by atoms with Crippen molar-refractivity contribution in [1.82, 2.24) is 0 Å². The normalized spacial score (nSPS) is 20.1. The van der Waals surface area contributed by atoms with Crippen molar-refractivity contribution in [3.05, 3.63) is 98.7 Å². The van der Waals surface area contributed by atoms with E-state index in [9.17, 15) is 0 Å². The van der Waals surface area contributed by atoms with Crippen molar-refractivity contribution in [2.75, 3.05) is 0 Å². The summed E-state index contributed by atoms with van der Waals surface area (Å²) in [4.78, 5) is 0. The van der Waals surface area contributed by atoms with Crippen LogP contribution in [-0.2, 0) is 0 Å². The summed E-state index contributed by atoms with van der Waals surface area (Å²) in [5, 5.41) is 0. The van der Waals surface area contributed by atoms with E-state index in [-0.39, 0.29) is 0 Å². The average Bonchev–Trinajstić information content (AvgIpc) is 3.13. The van der Waals surface area contributed by atoms with Crippen LogP contribution in [0.3, 0.4) is 0 Å². The molecule has 0 heteroatoms. The van der Waals surface area contributed by atoms with E-state index in [2.05, 4.69) is 90.1 Å². The molecule has 0 bridgehead atoms. The molecule has 1 unspecified atom stereocenters. The molecule has 0 aliphatic heterocycles. The van der Waals surface area contributed by atoms with Crippen LogP contribution in [0.2, 0.25) is 0 Å². The van der Waals surface area contributed by atoms with Gasteiger partial charge in [-0.2, -0.15) is 0 Å². The van der Waals surface area contributed by atoms with Crippen LogP contribution in [0, 0.1) is 19.8 Å². The molecule has 2 aliphatic rings. The van der Waals surface area contributed by atoms with Crippen LogP contribution in [0.15, 0.2) is 70.8 Å². The number of allylic oxidation sites excluding steroid dienone is 5. The molecule has 0 radical (unpaired) electrons. The second-order valence-electron chi connectivity index (χ2n) is 8.05. The van der Waals surface area contributed by atoms with Crippen molar-refractivity contribution in [1.29, 1.82) is 0 Å². The molecule has 0 saturated carbocycles. The summed E-state index contributed by atoms with van der Waals surface area (Å²) in [7, 11) is 0. The summed E-state index contributed by atoms with van der Waals surface area (Å²) in [5.41, 5.74) is 14.6. The van der Waals surface area contributed by atoms with E-state index in [0.717, 1.165) is 0 Å². The molecule has 1 atom stereocenters. The maximum atomic E-state index is 2.55. The number of rotatable bonds is 2. The Bertz CT molecular complexity index is 956. The Morgan fingerprint density at radius 3 is 1.85 bits per heavy atom. The van der Waals surface area contributed by atoms with Crippen molar-refractivity contribution >= 4 is 5.57 Å². The lowest BCUT2D eigenvalue weighted by Gasteiger charge is -2.25. The molecule has 2 aliphatic carbocycles. The zero-order valence-corrected chi connectivity index (χ0v) is 16.8. The molecule has 0 fully saturated rings. The molecule has 0 N–H and O–H groups in total. The third kappa shape index (κ3) is 2.35. The summed E-state index contributed by atoms with van der Waals surface area (Å²) in [5.74, 6) is 0.933. The lowest BCUT2D eigenvalue weighted by Crippen LogP contribution is -2.12. The maximum absolute atomic E-state index is 2.55. The van der Waals surface area contributed by atoms with Gasteiger partial charge in [-0.3, -0.25) is 0 Å². The van der Waals surface area contributed by atoms with Gasteiger partial charge in [-0.15, -0.1) is 0 Å². The van der Waals surface area contributed by atoms with E-state index in [0.29, 0.717) is 11.8 Å². The van der Waals surface area contributed by atoms with Crippen molar-refractivity contribution in [3.8, 4) is 0 Å². The highest BCUT2D eigenvalue weighted by molar-refractivity contribution is 5.88. The van der Waals surface area contributed by atoms with Crippen molar-refractivity contribution in [2.24, 2.45) is 5.92 Å². The first-order valence-corrected chi connectivity index (χ1v) is 9.64. The minimum atomic E-state index is 0.438. The van der Waals surface area contributed by atoms with E-state index in [1.807, 2.05) is 0 Å². The zero-order valence-electron chi connectivity index (χ0n) is 16.8. The maximum Gasteiger partial charge on any atom is 0.0139 e. The van der Waals surface area contributed by atoms with Crippen molar-refractivity contribution < 1.29 is 0 Å². The number of benzene rings is 2. The second-order valence-corrected chi connectivity index (χ2v) is 8.05. The quantitative estimate of drug-likeness (QED) is 0.545. The molecule has 0 nitrogen and oxygen atoms in total. The van der Waals surface area contributed by atoms with Gasteiger partial charge in [-0.25, -0.2) is 0 Å². The highest BCUT2D eigenvalue weighted by atomic mass is 14.4. The van der Waals surface area contributed by atoms with Gasteiger partial charge < -0.3 is 0 Å². The SMILES string of the molecule is CC1=C(C)C(C2C=C(c3ccccc3)c3c(C)ccc(C)c32)C(C)=C1C. The zero-order chi connectivity index (χ0) is 18.6. The minimum absolute atomic E-state index is 0.438. The van der Waals surface area contributed by atoms with E-state index in [4.69, 9.17) is 0 Å². The molecule has 0 aromatic heterocycles. The Labute approximate surface area is 158 Å². The van der Waals surface area contributed by atoms with Crippen LogP contribution in [0.1, 0.15) is 61.4 Å². The fourth-order valence-corrected chi connectivity index (χ4v) is 5.01. The fourth-order valence-electron chi connectivity index (χ4n) is 5.01. The van der Waals surface area contributed by atoms with Gasteiger partial charge >= 0.3 is 0 Å². The predicted octanol–water partition coefficient (Wildman–Crippen LogP) is 7.13. The number of aryl methyl sites for hydroxylation is 2. The molecule has 132 valence electrons. The standard InChI is InChI=1S/C26H28/c1-15-12-13-16(2)25-23(26-19(5)17(3)18(4)20(26)6)14-22(24(15)25)21-10-8-7-9-11-21/h7-14,23,26H,1-6H3. The van der Waals surface area contributed by atoms with Gasteiger partial charge in [0.05, 0.1) is 0 Å². The van der Waals surface area contributed by atoms with Gasteiger partial charge in [0.25, 0.3) is 0 Å². The molecule has 0 spiro atoms. The first kappa shape index (κ1) is 17.1. The Balaban J connectivity index is 1.96. The van der Waals surface area contributed by atoms with Gasteiger partial charge in [0.1, 0.15) is 0 Å². The molecule has 2 aromatic rings. The van der Waals surface area contributed by atoms with E-state index < -0.39 is 0 Å². The Morgan fingerprint density at radius 2 is 1.23 bits per heavy atom. The predicted molar refractivity (Wildman–Crippen MR) is 112 cm³/mol. The van der Waals surface area contributed by atoms with Crippen LogP contribution in [0.4, 0.5) is 0 Å². The summed E-state index contributed by atoms with van der Waals surface area (Å²) in [6.07, 6.45) is 2.55. The molecule has 2 aromatic carbocycles. The first-order chi connectivity index (χ1) is 12.4. The van der Waals surface area contributed by atoms with Gasteiger partial charge in [0.15, 0.2) is 0 Å². The monoisotopic (exact) mass is 340 g/mol. The number of hydrogen-bond acceptors (Lipinski definition) is 0. The third-order valence-electron chi connectivity index (χ3n) is 6.74. The lowest BCUT2D eigenvalue weighted by atomic mass is 9.79. The van der Waals surface area contributed by atoms with Crippen LogP contribution in [0.25, 0.3) is 5.57 Å². The van der Waals surface area contributed by atoms with Crippen LogP contribution in [0.5, 0.6) is 0 Å². The van der Waals surface area contributed by atoms with E-state index in [1.165, 1.54) is 44.5 Å². The molecule has 0 heterocycles. The summed E-state index contributed by atoms with van der Waals surface area (Å²) in [6.45, 7) is 13.8. The van der Waals surface area contributed by atoms with Crippen molar-refractivity contribution in [3.63, 3.8) is 0 Å². The van der Waals surface area contributed by atoms with Crippen molar-refractivity contribution in [2.45, 2.75) is 47.5 Å². The lowest BCUT2D eigenvalue weighted by molar-refractivity contribution is 0.645. The van der Waals surface area contributed by atoms with Gasteiger partial charge in [0.2, 0.25) is 0 Å². The molecular formula is C26H28. The number of hydrogen-bond donors (Lipinski definition) is 0. The molecular weight excluding hydrogens is 312 g/mol. The van der Waals surface area contributed by atoms with E-state index in [1.54, 1.807) is 11.1 Å². The topological polar surface area (TPSA) is 0 Å². The highest BCUT2D eigenvalue weighted by Gasteiger charge is 2.37. The first-order valence-electron chi connectivity index (χ1n) is 9.64. The van der Waals surface area contributed by atoms with Gasteiger partial charge in [0, 0.05) is 11.8 Å². The fraction of sp³-hybridized carbons (Fsp3) is 0.308.